The molecule has 1 saturated heterocycles. The minimum Gasteiger partial charge on any atom is -0.444 e. The molecule has 8 nitrogen and oxygen atoms in total. The average Bonchev–Trinajstić information content (AvgIpc) is 2.68. The number of hydrogen-bond acceptors (Lipinski definition) is 7. The molecular formula is C23H30BrN5O3. The zero-order chi connectivity index (χ0) is 23.5. The minimum absolute atomic E-state index is 0.0623. The topological polar surface area (TPSA) is 110 Å². The number of aromatic nitrogens is 2. The summed E-state index contributed by atoms with van der Waals surface area (Å²) in [7, 11) is 0. The van der Waals surface area contributed by atoms with Crippen LogP contribution in [0.2, 0.25) is 0 Å². The van der Waals surface area contributed by atoms with Crippen molar-refractivity contribution in [1.82, 2.24) is 15.3 Å². The molecule has 0 unspecified atom stereocenters. The number of nitrogens with two attached hydrogens (primary N) is 1. The molecule has 2 atom stereocenters. The molecule has 1 aliphatic heterocycles. The van der Waals surface area contributed by atoms with Crippen LogP contribution in [0, 0.1) is 5.92 Å². The molecule has 3 heterocycles. The maximum Gasteiger partial charge on any atom is 0.407 e. The normalized spacial score (nSPS) is 18.8. The maximum atomic E-state index is 12.9. The SMILES string of the molecule is C[C@@H]1C[C@H](NC(=O)OC(C)(C)C)CN(c2ccncc2CC(=O)c2nc(Br)ccc2N)C1. The van der Waals surface area contributed by atoms with E-state index in [-0.39, 0.29) is 23.9 Å². The van der Waals surface area contributed by atoms with Crippen LogP contribution in [0.3, 0.4) is 0 Å². The summed E-state index contributed by atoms with van der Waals surface area (Å²) in [6.07, 6.45) is 3.99. The average molecular weight is 504 g/mol. The van der Waals surface area contributed by atoms with Gasteiger partial charge in [-0.25, -0.2) is 9.78 Å². The molecule has 0 bridgehead atoms. The van der Waals surface area contributed by atoms with E-state index in [9.17, 15) is 9.59 Å². The van der Waals surface area contributed by atoms with E-state index in [1.807, 2.05) is 26.8 Å². The van der Waals surface area contributed by atoms with E-state index in [4.69, 9.17) is 10.5 Å². The van der Waals surface area contributed by atoms with Crippen molar-refractivity contribution < 1.29 is 14.3 Å². The van der Waals surface area contributed by atoms with Gasteiger partial charge in [-0.3, -0.25) is 9.78 Å². The van der Waals surface area contributed by atoms with Crippen LogP contribution in [0.4, 0.5) is 16.2 Å². The Labute approximate surface area is 197 Å². The first-order chi connectivity index (χ1) is 15.0. The van der Waals surface area contributed by atoms with Gasteiger partial charge in [-0.2, -0.15) is 0 Å². The molecule has 3 N–H and O–H groups in total. The number of ketones is 1. The zero-order valence-electron chi connectivity index (χ0n) is 18.9. The number of Topliss-reactive ketones (excluding diaryl/α,β-unsaturated/α-hetero) is 1. The molecule has 2 aromatic rings. The van der Waals surface area contributed by atoms with Gasteiger partial charge in [0, 0.05) is 49.2 Å². The summed E-state index contributed by atoms with van der Waals surface area (Å²) in [6.45, 7) is 9.11. The van der Waals surface area contributed by atoms with Crippen molar-refractivity contribution in [2.75, 3.05) is 23.7 Å². The molecule has 0 aliphatic carbocycles. The number of nitrogen functional groups attached to an aromatic ring is 1. The van der Waals surface area contributed by atoms with Gasteiger partial charge in [-0.15, -0.1) is 0 Å². The summed E-state index contributed by atoms with van der Waals surface area (Å²) < 4.78 is 5.97. The van der Waals surface area contributed by atoms with Crippen molar-refractivity contribution in [3.8, 4) is 0 Å². The molecule has 3 rings (SSSR count). The number of ether oxygens (including phenoxy) is 1. The van der Waals surface area contributed by atoms with E-state index in [1.165, 1.54) is 0 Å². The third-order valence-electron chi connectivity index (χ3n) is 5.11. The monoisotopic (exact) mass is 503 g/mol. The van der Waals surface area contributed by atoms with Gasteiger partial charge in [0.15, 0.2) is 5.78 Å². The van der Waals surface area contributed by atoms with Gasteiger partial charge in [-0.05, 0) is 67.2 Å². The Morgan fingerprint density at radius 3 is 2.75 bits per heavy atom. The van der Waals surface area contributed by atoms with E-state index < -0.39 is 11.7 Å². The maximum absolute atomic E-state index is 12.9. The Morgan fingerprint density at radius 2 is 2.03 bits per heavy atom. The van der Waals surface area contributed by atoms with Crippen LogP contribution in [0.15, 0.2) is 35.2 Å². The summed E-state index contributed by atoms with van der Waals surface area (Å²) >= 11 is 3.29. The number of carbonyl (C=O) groups excluding carboxylic acids is 2. The van der Waals surface area contributed by atoms with Crippen LogP contribution in [0.25, 0.3) is 0 Å². The smallest absolute Gasteiger partial charge is 0.407 e. The first kappa shape index (κ1) is 24.0. The van der Waals surface area contributed by atoms with Gasteiger partial charge < -0.3 is 20.7 Å². The second kappa shape index (κ2) is 9.85. The second-order valence-corrected chi connectivity index (χ2v) is 10.1. The highest BCUT2D eigenvalue weighted by Gasteiger charge is 2.29. The summed E-state index contributed by atoms with van der Waals surface area (Å²) in [5.41, 5.74) is 7.72. The summed E-state index contributed by atoms with van der Waals surface area (Å²) in [5, 5.41) is 2.99. The highest BCUT2D eigenvalue weighted by molar-refractivity contribution is 9.10. The Kier molecular flexibility index (Phi) is 7.38. The lowest BCUT2D eigenvalue weighted by Gasteiger charge is -2.39. The van der Waals surface area contributed by atoms with Crippen LogP contribution >= 0.6 is 15.9 Å². The zero-order valence-corrected chi connectivity index (χ0v) is 20.5. The Morgan fingerprint density at radius 1 is 1.28 bits per heavy atom. The summed E-state index contributed by atoms with van der Waals surface area (Å²) in [4.78, 5) is 35.9. The molecule has 2 aromatic heterocycles. The number of carbonyl (C=O) groups is 2. The van der Waals surface area contributed by atoms with Crippen LogP contribution in [-0.4, -0.2) is 46.6 Å². The van der Waals surface area contributed by atoms with Crippen LogP contribution in [0.5, 0.6) is 0 Å². The summed E-state index contributed by atoms with van der Waals surface area (Å²) in [5.74, 6) is 0.175. The Bertz CT molecular complexity index is 992. The molecule has 0 aromatic carbocycles. The van der Waals surface area contributed by atoms with Gasteiger partial charge in [0.25, 0.3) is 0 Å². The number of nitrogens with one attached hydrogen (secondary N) is 1. The molecule has 0 saturated carbocycles. The number of nitrogens with zero attached hydrogens (tertiary/aromatic N) is 3. The first-order valence-electron chi connectivity index (χ1n) is 10.6. The van der Waals surface area contributed by atoms with Crippen LogP contribution < -0.4 is 16.0 Å². The second-order valence-electron chi connectivity index (χ2n) is 9.27. The van der Waals surface area contributed by atoms with Crippen LogP contribution in [-0.2, 0) is 11.2 Å². The standard InChI is InChI=1S/C23H30BrN5O3/c1-14-9-16(27-22(31)32-23(2,3)4)13-29(12-14)18-7-8-26-11-15(18)10-19(30)21-17(25)5-6-20(24)28-21/h5-8,11,14,16H,9-10,12-13,25H2,1-4H3,(H,27,31)/t14-,16+/m1/s1. The van der Waals surface area contributed by atoms with Crippen molar-refractivity contribution in [2.45, 2.75) is 52.2 Å². The first-order valence-corrected chi connectivity index (χ1v) is 11.4. The lowest BCUT2D eigenvalue weighted by Crippen LogP contribution is -2.51. The van der Waals surface area contributed by atoms with Crippen molar-refractivity contribution >= 4 is 39.2 Å². The number of pyridine rings is 2. The van der Waals surface area contributed by atoms with E-state index in [1.54, 1.807) is 24.5 Å². The highest BCUT2D eigenvalue weighted by Crippen LogP contribution is 2.28. The Hall–Kier alpha value is -2.68. The van der Waals surface area contributed by atoms with E-state index in [0.29, 0.717) is 22.8 Å². The third-order valence-corrected chi connectivity index (χ3v) is 5.55. The fourth-order valence-corrected chi connectivity index (χ4v) is 4.23. The molecule has 0 spiro atoms. The van der Waals surface area contributed by atoms with Gasteiger partial charge in [0.2, 0.25) is 0 Å². The minimum atomic E-state index is -0.551. The molecule has 172 valence electrons. The van der Waals surface area contributed by atoms with E-state index >= 15 is 0 Å². The quantitative estimate of drug-likeness (QED) is 0.468. The summed E-state index contributed by atoms with van der Waals surface area (Å²) in [6, 6.07) is 5.21. The van der Waals surface area contributed by atoms with Gasteiger partial charge in [0.1, 0.15) is 15.9 Å². The lowest BCUT2D eigenvalue weighted by molar-refractivity contribution is 0.0495. The predicted octanol–water partition coefficient (Wildman–Crippen LogP) is 3.99. The molecule has 32 heavy (non-hydrogen) atoms. The van der Waals surface area contributed by atoms with Gasteiger partial charge in [0.05, 0.1) is 5.69 Å². The number of hydrogen-bond donors (Lipinski definition) is 2. The van der Waals surface area contributed by atoms with Crippen molar-refractivity contribution in [1.29, 1.82) is 0 Å². The molecule has 1 amide bonds. The van der Waals surface area contributed by atoms with Crippen molar-refractivity contribution in [3.63, 3.8) is 0 Å². The van der Waals surface area contributed by atoms with E-state index in [0.717, 1.165) is 24.2 Å². The van der Waals surface area contributed by atoms with Gasteiger partial charge in [-0.1, -0.05) is 6.92 Å². The molecule has 1 aliphatic rings. The number of halogens is 1. The molecule has 0 radical (unpaired) electrons. The largest absolute Gasteiger partial charge is 0.444 e. The van der Waals surface area contributed by atoms with E-state index in [2.05, 4.69) is 43.0 Å². The molecule has 1 fully saturated rings. The van der Waals surface area contributed by atoms with Gasteiger partial charge >= 0.3 is 6.09 Å². The number of alkyl carbamates (subject to hydrolysis) is 1. The van der Waals surface area contributed by atoms with Crippen molar-refractivity contribution in [3.05, 3.63) is 46.5 Å². The fraction of sp³-hybridized carbons (Fsp3) is 0.478. The van der Waals surface area contributed by atoms with Crippen LogP contribution in [0.1, 0.15) is 50.2 Å². The molecular weight excluding hydrogens is 474 g/mol. The lowest BCUT2D eigenvalue weighted by atomic mass is 9.94. The Balaban J connectivity index is 1.77. The fourth-order valence-electron chi connectivity index (χ4n) is 3.92. The highest BCUT2D eigenvalue weighted by atomic mass is 79.9. The molecule has 9 heteroatoms. The van der Waals surface area contributed by atoms with Crippen molar-refractivity contribution in [2.24, 2.45) is 5.92 Å². The predicted molar refractivity (Wildman–Crippen MR) is 128 cm³/mol. The number of rotatable bonds is 5. The number of amides is 1. The number of anilines is 2. The third kappa shape index (κ3) is 6.41. The number of piperidine rings is 1.